The molecule has 0 radical (unpaired) electrons. The predicted octanol–water partition coefficient (Wildman–Crippen LogP) is 2.92. The van der Waals surface area contributed by atoms with Crippen LogP contribution in [0.3, 0.4) is 0 Å². The molecule has 2 aromatic heterocycles. The molecule has 0 aromatic carbocycles. The second-order valence-electron chi connectivity index (χ2n) is 5.78. The van der Waals surface area contributed by atoms with E-state index in [1.807, 2.05) is 0 Å². The first-order chi connectivity index (χ1) is 9.24. The van der Waals surface area contributed by atoms with Crippen molar-refractivity contribution in [3.8, 4) is 0 Å². The van der Waals surface area contributed by atoms with Crippen molar-refractivity contribution in [2.24, 2.45) is 5.92 Å². The first-order valence-corrected chi connectivity index (χ1v) is 7.41. The summed E-state index contributed by atoms with van der Waals surface area (Å²) in [5.74, 6) is 0.814. The number of likely N-dealkylation sites (tertiary alicyclic amines) is 1. The predicted molar refractivity (Wildman–Crippen MR) is 78.5 cm³/mol. The molecule has 3 nitrogen and oxygen atoms in total. The van der Waals surface area contributed by atoms with Crippen LogP contribution in [0.2, 0.25) is 0 Å². The van der Waals surface area contributed by atoms with Crippen molar-refractivity contribution >= 4 is 5.65 Å². The number of imidazole rings is 1. The second-order valence-corrected chi connectivity index (χ2v) is 5.78. The number of nitrogens with zero attached hydrogens (tertiary/aromatic N) is 3. The van der Waals surface area contributed by atoms with Gasteiger partial charge in [0.15, 0.2) is 0 Å². The van der Waals surface area contributed by atoms with E-state index in [0.717, 1.165) is 18.0 Å². The SMILES string of the molecule is CCN1CCC(Cc2cn3ccc(C)cc3n2)CC1. The summed E-state index contributed by atoms with van der Waals surface area (Å²) in [5, 5.41) is 0. The van der Waals surface area contributed by atoms with Crippen molar-refractivity contribution in [2.75, 3.05) is 19.6 Å². The molecule has 0 N–H and O–H groups in total. The summed E-state index contributed by atoms with van der Waals surface area (Å²) in [6.07, 6.45) is 8.08. The molecule has 19 heavy (non-hydrogen) atoms. The minimum absolute atomic E-state index is 0.814. The Morgan fingerprint density at radius 1 is 1.32 bits per heavy atom. The van der Waals surface area contributed by atoms with Gasteiger partial charge < -0.3 is 9.30 Å². The number of rotatable bonds is 3. The molecule has 0 aliphatic carbocycles. The van der Waals surface area contributed by atoms with Gasteiger partial charge in [-0.1, -0.05) is 6.92 Å². The molecule has 3 heterocycles. The minimum atomic E-state index is 0.814. The van der Waals surface area contributed by atoms with Gasteiger partial charge in [-0.2, -0.15) is 0 Å². The topological polar surface area (TPSA) is 20.5 Å². The molecule has 0 atom stereocenters. The molecule has 102 valence electrons. The number of pyridine rings is 1. The van der Waals surface area contributed by atoms with Crippen molar-refractivity contribution in [1.29, 1.82) is 0 Å². The van der Waals surface area contributed by atoms with E-state index in [4.69, 9.17) is 4.98 Å². The molecule has 3 heteroatoms. The summed E-state index contributed by atoms with van der Waals surface area (Å²) in [7, 11) is 0. The lowest BCUT2D eigenvalue weighted by molar-refractivity contribution is 0.191. The van der Waals surface area contributed by atoms with Crippen LogP contribution in [0.4, 0.5) is 0 Å². The standard InChI is InChI=1S/C16H23N3/c1-3-18-7-5-14(6-8-18)11-15-12-19-9-4-13(2)10-16(19)17-15/h4,9-10,12,14H,3,5-8,11H2,1-2H3. The van der Waals surface area contributed by atoms with Gasteiger partial charge in [0, 0.05) is 12.4 Å². The fourth-order valence-corrected chi connectivity index (χ4v) is 3.04. The van der Waals surface area contributed by atoms with Gasteiger partial charge in [-0.25, -0.2) is 4.98 Å². The minimum Gasteiger partial charge on any atom is -0.307 e. The lowest BCUT2D eigenvalue weighted by Crippen LogP contribution is -2.34. The van der Waals surface area contributed by atoms with E-state index in [1.165, 1.54) is 43.7 Å². The number of aromatic nitrogens is 2. The largest absolute Gasteiger partial charge is 0.307 e. The Labute approximate surface area is 115 Å². The van der Waals surface area contributed by atoms with E-state index in [-0.39, 0.29) is 0 Å². The zero-order valence-electron chi connectivity index (χ0n) is 12.0. The highest BCUT2D eigenvalue weighted by atomic mass is 15.1. The van der Waals surface area contributed by atoms with Crippen molar-refractivity contribution < 1.29 is 0 Å². The fraction of sp³-hybridized carbons (Fsp3) is 0.562. The molecule has 3 rings (SSSR count). The Bertz CT molecular complexity index is 550. The van der Waals surface area contributed by atoms with Crippen LogP contribution in [0.15, 0.2) is 24.5 Å². The van der Waals surface area contributed by atoms with E-state index in [1.54, 1.807) is 0 Å². The van der Waals surface area contributed by atoms with Gasteiger partial charge in [0.05, 0.1) is 5.69 Å². The Morgan fingerprint density at radius 3 is 2.84 bits per heavy atom. The van der Waals surface area contributed by atoms with Gasteiger partial charge in [0.25, 0.3) is 0 Å². The van der Waals surface area contributed by atoms with Crippen LogP contribution in [-0.4, -0.2) is 33.9 Å². The van der Waals surface area contributed by atoms with Crippen molar-refractivity contribution in [3.63, 3.8) is 0 Å². The quantitative estimate of drug-likeness (QED) is 0.842. The normalized spacial score (nSPS) is 18.2. The zero-order valence-corrected chi connectivity index (χ0v) is 12.0. The highest BCUT2D eigenvalue weighted by Gasteiger charge is 2.19. The van der Waals surface area contributed by atoms with E-state index in [0.29, 0.717) is 0 Å². The third-order valence-corrected chi connectivity index (χ3v) is 4.32. The third-order valence-electron chi connectivity index (χ3n) is 4.32. The van der Waals surface area contributed by atoms with Crippen LogP contribution in [0.25, 0.3) is 5.65 Å². The average Bonchev–Trinajstić information content (AvgIpc) is 2.81. The summed E-state index contributed by atoms with van der Waals surface area (Å²) >= 11 is 0. The molecule has 2 aromatic rings. The molecule has 0 unspecified atom stereocenters. The first-order valence-electron chi connectivity index (χ1n) is 7.41. The Hall–Kier alpha value is -1.35. The zero-order chi connectivity index (χ0) is 13.2. The van der Waals surface area contributed by atoms with Crippen LogP contribution in [0, 0.1) is 12.8 Å². The maximum Gasteiger partial charge on any atom is 0.137 e. The van der Waals surface area contributed by atoms with E-state index >= 15 is 0 Å². The van der Waals surface area contributed by atoms with Crippen LogP contribution in [0.1, 0.15) is 31.0 Å². The molecular weight excluding hydrogens is 234 g/mol. The smallest absolute Gasteiger partial charge is 0.137 e. The average molecular weight is 257 g/mol. The summed E-state index contributed by atoms with van der Waals surface area (Å²) in [4.78, 5) is 7.30. The monoisotopic (exact) mass is 257 g/mol. The number of piperidine rings is 1. The molecule has 1 fully saturated rings. The number of aryl methyl sites for hydroxylation is 1. The lowest BCUT2D eigenvalue weighted by atomic mass is 9.92. The van der Waals surface area contributed by atoms with Gasteiger partial charge in [-0.05, 0) is 69.4 Å². The van der Waals surface area contributed by atoms with Gasteiger partial charge in [0.2, 0.25) is 0 Å². The highest BCUT2D eigenvalue weighted by molar-refractivity contribution is 5.42. The van der Waals surface area contributed by atoms with E-state index in [2.05, 4.69) is 47.7 Å². The maximum absolute atomic E-state index is 4.76. The molecule has 0 spiro atoms. The van der Waals surface area contributed by atoms with Crippen LogP contribution < -0.4 is 0 Å². The Kier molecular flexibility index (Phi) is 3.56. The van der Waals surface area contributed by atoms with Crippen LogP contribution in [0.5, 0.6) is 0 Å². The third kappa shape index (κ3) is 2.81. The summed E-state index contributed by atoms with van der Waals surface area (Å²) in [6.45, 7) is 8.08. The molecule has 0 saturated carbocycles. The van der Waals surface area contributed by atoms with Crippen molar-refractivity contribution in [3.05, 3.63) is 35.8 Å². The second kappa shape index (κ2) is 5.33. The molecule has 1 aliphatic heterocycles. The van der Waals surface area contributed by atoms with Crippen LogP contribution >= 0.6 is 0 Å². The first kappa shape index (κ1) is 12.7. The molecule has 0 amide bonds. The molecule has 0 bridgehead atoms. The summed E-state index contributed by atoms with van der Waals surface area (Å²) in [6, 6.07) is 4.29. The Balaban J connectivity index is 1.68. The number of fused-ring (bicyclic) bond motifs is 1. The van der Waals surface area contributed by atoms with Crippen LogP contribution in [-0.2, 0) is 6.42 Å². The van der Waals surface area contributed by atoms with Crippen molar-refractivity contribution in [2.45, 2.75) is 33.1 Å². The van der Waals surface area contributed by atoms with Gasteiger partial charge >= 0.3 is 0 Å². The summed E-state index contributed by atoms with van der Waals surface area (Å²) in [5.41, 5.74) is 3.61. The fourth-order valence-electron chi connectivity index (χ4n) is 3.04. The molecular formula is C16H23N3. The lowest BCUT2D eigenvalue weighted by Gasteiger charge is -2.30. The molecule has 1 saturated heterocycles. The van der Waals surface area contributed by atoms with Gasteiger partial charge in [-0.3, -0.25) is 0 Å². The molecule has 1 aliphatic rings. The number of hydrogen-bond donors (Lipinski definition) is 0. The van der Waals surface area contributed by atoms with Crippen molar-refractivity contribution in [1.82, 2.24) is 14.3 Å². The highest BCUT2D eigenvalue weighted by Crippen LogP contribution is 2.21. The maximum atomic E-state index is 4.76. The summed E-state index contributed by atoms with van der Waals surface area (Å²) < 4.78 is 2.14. The number of hydrogen-bond acceptors (Lipinski definition) is 2. The van der Waals surface area contributed by atoms with E-state index in [9.17, 15) is 0 Å². The van der Waals surface area contributed by atoms with Gasteiger partial charge in [0.1, 0.15) is 5.65 Å². The van der Waals surface area contributed by atoms with E-state index < -0.39 is 0 Å². The van der Waals surface area contributed by atoms with Gasteiger partial charge in [-0.15, -0.1) is 0 Å². The Morgan fingerprint density at radius 2 is 2.11 bits per heavy atom.